The van der Waals surface area contributed by atoms with Gasteiger partial charge in [-0.3, -0.25) is 4.68 Å². The first-order valence-corrected chi connectivity index (χ1v) is 7.71. The Morgan fingerprint density at radius 1 is 1.50 bits per heavy atom. The Morgan fingerprint density at radius 2 is 2.30 bits per heavy atom. The van der Waals surface area contributed by atoms with Crippen molar-refractivity contribution in [2.24, 2.45) is 5.92 Å². The van der Waals surface area contributed by atoms with E-state index in [1.165, 1.54) is 0 Å². The van der Waals surface area contributed by atoms with E-state index in [4.69, 9.17) is 9.47 Å². The van der Waals surface area contributed by atoms with Crippen LogP contribution in [-0.2, 0) is 11.3 Å². The van der Waals surface area contributed by atoms with Crippen LogP contribution in [0.15, 0.2) is 6.20 Å². The Balaban J connectivity index is 2.34. The molecule has 0 aromatic carbocycles. The molecule has 2 heterocycles. The summed E-state index contributed by atoms with van der Waals surface area (Å²) in [4.78, 5) is 0. The predicted octanol–water partition coefficient (Wildman–Crippen LogP) is 2.38. The number of hydrogen-bond acceptors (Lipinski definition) is 4. The maximum atomic E-state index is 5.88. The number of hydrogen-bond donors (Lipinski definition) is 1. The third-order valence-corrected chi connectivity index (χ3v) is 4.17. The molecule has 0 saturated carbocycles. The van der Waals surface area contributed by atoms with Crippen molar-refractivity contribution in [2.45, 2.75) is 52.3 Å². The summed E-state index contributed by atoms with van der Waals surface area (Å²) in [6.07, 6.45) is 4.28. The van der Waals surface area contributed by atoms with Gasteiger partial charge in [0.15, 0.2) is 5.75 Å². The van der Waals surface area contributed by atoms with Gasteiger partial charge in [-0.05, 0) is 26.3 Å². The first kappa shape index (κ1) is 15.3. The van der Waals surface area contributed by atoms with E-state index in [0.29, 0.717) is 12.0 Å². The molecular weight excluding hydrogens is 254 g/mol. The molecule has 5 heteroatoms. The fourth-order valence-corrected chi connectivity index (χ4v) is 3.24. The highest BCUT2D eigenvalue weighted by Gasteiger charge is 2.37. The van der Waals surface area contributed by atoms with Crippen molar-refractivity contribution in [2.75, 3.05) is 20.3 Å². The maximum absolute atomic E-state index is 5.88. The van der Waals surface area contributed by atoms with Crippen LogP contribution in [-0.4, -0.2) is 36.1 Å². The minimum absolute atomic E-state index is 0.241. The summed E-state index contributed by atoms with van der Waals surface area (Å²) in [7, 11) is 1.71. The Morgan fingerprint density at radius 3 is 2.90 bits per heavy atom. The van der Waals surface area contributed by atoms with Crippen molar-refractivity contribution in [3.63, 3.8) is 0 Å². The fraction of sp³-hybridized carbons (Fsp3) is 0.800. The molecule has 5 nitrogen and oxygen atoms in total. The van der Waals surface area contributed by atoms with E-state index in [9.17, 15) is 0 Å². The second kappa shape index (κ2) is 7.09. The molecule has 2 rings (SSSR count). The van der Waals surface area contributed by atoms with E-state index in [1.54, 1.807) is 7.11 Å². The number of methoxy groups -OCH3 is 1. The molecule has 1 N–H and O–H groups in total. The van der Waals surface area contributed by atoms with Crippen LogP contribution >= 0.6 is 0 Å². The van der Waals surface area contributed by atoms with Gasteiger partial charge in [-0.25, -0.2) is 0 Å². The fourth-order valence-electron chi connectivity index (χ4n) is 3.24. The molecule has 20 heavy (non-hydrogen) atoms. The molecule has 114 valence electrons. The summed E-state index contributed by atoms with van der Waals surface area (Å²) in [5.74, 6) is 1.36. The number of aryl methyl sites for hydroxylation is 1. The topological polar surface area (TPSA) is 48.3 Å². The number of aromatic nitrogens is 2. The highest BCUT2D eigenvalue weighted by Crippen LogP contribution is 2.38. The smallest absolute Gasteiger partial charge is 0.161 e. The van der Waals surface area contributed by atoms with Crippen molar-refractivity contribution in [1.29, 1.82) is 0 Å². The van der Waals surface area contributed by atoms with E-state index in [0.717, 1.165) is 44.0 Å². The molecule has 0 spiro atoms. The predicted molar refractivity (Wildman–Crippen MR) is 79.0 cm³/mol. The summed E-state index contributed by atoms with van der Waals surface area (Å²) in [6.45, 7) is 9.08. The van der Waals surface area contributed by atoms with Crippen molar-refractivity contribution >= 4 is 0 Å². The molecule has 3 unspecified atom stereocenters. The zero-order valence-electron chi connectivity index (χ0n) is 13.1. The van der Waals surface area contributed by atoms with Gasteiger partial charge in [-0.2, -0.15) is 5.10 Å². The highest BCUT2D eigenvalue weighted by atomic mass is 16.5. The van der Waals surface area contributed by atoms with Crippen LogP contribution < -0.4 is 10.1 Å². The Bertz CT molecular complexity index is 398. The molecule has 1 aromatic rings. The molecule has 1 fully saturated rings. The van der Waals surface area contributed by atoms with Crippen LogP contribution in [0.4, 0.5) is 0 Å². The van der Waals surface area contributed by atoms with E-state index in [2.05, 4.69) is 31.2 Å². The second-order valence-corrected chi connectivity index (χ2v) is 5.22. The lowest BCUT2D eigenvalue weighted by Crippen LogP contribution is -2.34. The van der Waals surface area contributed by atoms with Gasteiger partial charge in [0, 0.05) is 19.1 Å². The van der Waals surface area contributed by atoms with Crippen LogP contribution in [0.5, 0.6) is 5.75 Å². The second-order valence-electron chi connectivity index (χ2n) is 5.22. The standard InChI is InChI=1S/C15H27N3O2/c1-5-12-11(8-9-20-12)14(16-6-2)15-13(19-4)10-17-18(15)7-3/h10-12,14,16H,5-9H2,1-4H3. The zero-order valence-corrected chi connectivity index (χ0v) is 13.1. The molecule has 0 bridgehead atoms. The van der Waals surface area contributed by atoms with E-state index in [-0.39, 0.29) is 6.04 Å². The van der Waals surface area contributed by atoms with E-state index >= 15 is 0 Å². The van der Waals surface area contributed by atoms with Crippen molar-refractivity contribution in [3.8, 4) is 5.75 Å². The largest absolute Gasteiger partial charge is 0.493 e. The summed E-state index contributed by atoms with van der Waals surface area (Å²) in [5, 5.41) is 8.06. The number of nitrogens with one attached hydrogen (secondary N) is 1. The number of ether oxygens (including phenoxy) is 2. The van der Waals surface area contributed by atoms with Gasteiger partial charge in [-0.1, -0.05) is 13.8 Å². The van der Waals surface area contributed by atoms with Crippen LogP contribution in [0.25, 0.3) is 0 Å². The van der Waals surface area contributed by atoms with Crippen molar-refractivity contribution in [3.05, 3.63) is 11.9 Å². The van der Waals surface area contributed by atoms with Gasteiger partial charge in [0.25, 0.3) is 0 Å². The van der Waals surface area contributed by atoms with Gasteiger partial charge in [0.1, 0.15) is 0 Å². The van der Waals surface area contributed by atoms with Gasteiger partial charge in [0.2, 0.25) is 0 Å². The maximum Gasteiger partial charge on any atom is 0.161 e. The number of rotatable bonds is 7. The molecule has 1 aliphatic heterocycles. The Kier molecular flexibility index (Phi) is 5.43. The van der Waals surface area contributed by atoms with E-state index < -0.39 is 0 Å². The van der Waals surface area contributed by atoms with Crippen molar-refractivity contribution in [1.82, 2.24) is 15.1 Å². The van der Waals surface area contributed by atoms with Gasteiger partial charge in [0.05, 0.1) is 31.1 Å². The monoisotopic (exact) mass is 281 g/mol. The summed E-state index contributed by atoms with van der Waals surface area (Å²) < 4.78 is 13.4. The van der Waals surface area contributed by atoms with Crippen LogP contribution in [0.1, 0.15) is 45.3 Å². The minimum Gasteiger partial charge on any atom is -0.493 e. The van der Waals surface area contributed by atoms with Crippen LogP contribution in [0.3, 0.4) is 0 Å². The molecule has 0 radical (unpaired) electrons. The van der Waals surface area contributed by atoms with Crippen LogP contribution in [0.2, 0.25) is 0 Å². The summed E-state index contributed by atoms with van der Waals surface area (Å²) >= 11 is 0. The number of nitrogens with zero attached hydrogens (tertiary/aromatic N) is 2. The zero-order chi connectivity index (χ0) is 14.5. The average molecular weight is 281 g/mol. The Hall–Kier alpha value is -1.07. The normalized spacial score (nSPS) is 24.0. The van der Waals surface area contributed by atoms with Crippen molar-refractivity contribution < 1.29 is 9.47 Å². The SMILES string of the molecule is CCNC(c1c(OC)cnn1CC)C1CCOC1CC. The minimum atomic E-state index is 0.241. The lowest BCUT2D eigenvalue weighted by molar-refractivity contribution is 0.0763. The van der Waals surface area contributed by atoms with Crippen LogP contribution in [0, 0.1) is 5.92 Å². The lowest BCUT2D eigenvalue weighted by atomic mass is 9.88. The lowest BCUT2D eigenvalue weighted by Gasteiger charge is -2.29. The molecule has 0 aliphatic carbocycles. The first-order chi connectivity index (χ1) is 9.76. The molecule has 1 aromatic heterocycles. The summed E-state index contributed by atoms with van der Waals surface area (Å²) in [6, 6.07) is 0.241. The van der Waals surface area contributed by atoms with E-state index in [1.807, 2.05) is 10.9 Å². The summed E-state index contributed by atoms with van der Waals surface area (Å²) in [5.41, 5.74) is 1.16. The third-order valence-electron chi connectivity index (χ3n) is 4.17. The first-order valence-electron chi connectivity index (χ1n) is 7.71. The molecule has 0 amide bonds. The molecular formula is C15H27N3O2. The highest BCUT2D eigenvalue weighted by molar-refractivity contribution is 5.29. The molecule has 1 saturated heterocycles. The quantitative estimate of drug-likeness (QED) is 0.833. The third kappa shape index (κ3) is 2.83. The van der Waals surface area contributed by atoms with Gasteiger partial charge < -0.3 is 14.8 Å². The average Bonchev–Trinajstić information content (AvgIpc) is 3.10. The molecule has 1 aliphatic rings. The van der Waals surface area contributed by atoms with Gasteiger partial charge in [-0.15, -0.1) is 0 Å². The van der Waals surface area contributed by atoms with Gasteiger partial charge >= 0.3 is 0 Å². The molecule has 3 atom stereocenters. The Labute approximate surface area is 121 Å².